The summed E-state index contributed by atoms with van der Waals surface area (Å²) >= 11 is 0. The summed E-state index contributed by atoms with van der Waals surface area (Å²) in [6, 6.07) is 8.12. The Balaban J connectivity index is 2.54. The number of benzene rings is 1. The molecular formula is C11H8FN3O. The topological polar surface area (TPSA) is 50.4 Å². The highest BCUT2D eigenvalue weighted by Gasteiger charge is 2.08. The summed E-state index contributed by atoms with van der Waals surface area (Å²) in [6.07, 6.45) is 0. The highest BCUT2D eigenvalue weighted by atomic mass is 19.1. The molecule has 2 heterocycles. The van der Waals surface area contributed by atoms with Gasteiger partial charge in [-0.2, -0.15) is 0 Å². The number of aromatic nitrogens is 3. The normalized spacial score (nSPS) is 11.4. The molecule has 0 atom stereocenters. The quantitative estimate of drug-likeness (QED) is 0.672. The zero-order valence-electron chi connectivity index (χ0n) is 8.26. The van der Waals surface area contributed by atoms with Crippen LogP contribution in [0.25, 0.3) is 16.6 Å². The predicted molar refractivity (Wildman–Crippen MR) is 56.4 cm³/mol. The van der Waals surface area contributed by atoms with Crippen LogP contribution in [0.1, 0.15) is 5.82 Å². The molecule has 0 bridgehead atoms. The Kier molecular flexibility index (Phi) is 1.87. The maximum absolute atomic E-state index is 13.2. The summed E-state index contributed by atoms with van der Waals surface area (Å²) in [5.74, 6) is 0.0868. The van der Waals surface area contributed by atoms with E-state index in [0.29, 0.717) is 17.0 Å². The third-order valence-electron chi connectivity index (χ3n) is 2.54. The Morgan fingerprint density at radius 1 is 1.19 bits per heavy atom. The molecule has 0 aliphatic carbocycles. The van der Waals surface area contributed by atoms with Gasteiger partial charge in [0.1, 0.15) is 12.4 Å². The van der Waals surface area contributed by atoms with Crippen molar-refractivity contribution in [2.45, 2.75) is 6.61 Å². The van der Waals surface area contributed by atoms with Crippen LogP contribution in [0.5, 0.6) is 0 Å². The van der Waals surface area contributed by atoms with Crippen LogP contribution in [0.3, 0.4) is 0 Å². The van der Waals surface area contributed by atoms with E-state index >= 15 is 0 Å². The van der Waals surface area contributed by atoms with Gasteiger partial charge >= 0.3 is 0 Å². The van der Waals surface area contributed by atoms with Gasteiger partial charge in [-0.25, -0.2) is 4.39 Å². The summed E-state index contributed by atoms with van der Waals surface area (Å²) in [5.41, 5.74) is 1.26. The molecule has 0 saturated heterocycles. The number of nitrogens with zero attached hydrogens (tertiary/aromatic N) is 3. The van der Waals surface area contributed by atoms with Crippen molar-refractivity contribution in [3.8, 4) is 0 Å². The number of hydrogen-bond acceptors (Lipinski definition) is 3. The van der Waals surface area contributed by atoms with Crippen molar-refractivity contribution in [2.24, 2.45) is 0 Å². The molecule has 3 aromatic rings. The smallest absolute Gasteiger partial charge is 0.163 e. The number of aliphatic hydroxyl groups is 1. The summed E-state index contributed by atoms with van der Waals surface area (Å²) in [5, 5.41) is 17.7. The SMILES string of the molecule is OCc1nnc2ccc3ccc(F)cc3n12. The molecule has 0 spiro atoms. The van der Waals surface area contributed by atoms with Gasteiger partial charge in [-0.3, -0.25) is 4.40 Å². The fraction of sp³-hybridized carbons (Fsp3) is 0.0909. The van der Waals surface area contributed by atoms with E-state index in [1.807, 2.05) is 6.07 Å². The number of fused-ring (bicyclic) bond motifs is 3. The first-order valence-corrected chi connectivity index (χ1v) is 4.83. The molecule has 0 saturated carbocycles. The highest BCUT2D eigenvalue weighted by Crippen LogP contribution is 2.18. The average molecular weight is 217 g/mol. The standard InChI is InChI=1S/C11H8FN3O/c12-8-3-1-7-2-4-10-13-14-11(6-16)15(10)9(7)5-8/h1-5,16H,6H2. The van der Waals surface area contributed by atoms with Crippen molar-refractivity contribution in [1.29, 1.82) is 0 Å². The van der Waals surface area contributed by atoms with Crippen molar-refractivity contribution in [3.63, 3.8) is 0 Å². The Labute approximate surface area is 90.0 Å². The summed E-state index contributed by atoms with van der Waals surface area (Å²) in [6.45, 7) is -0.225. The van der Waals surface area contributed by atoms with Gasteiger partial charge in [0.15, 0.2) is 11.5 Å². The third kappa shape index (κ3) is 1.18. The second-order valence-electron chi connectivity index (χ2n) is 3.50. The van der Waals surface area contributed by atoms with Crippen LogP contribution in [0.4, 0.5) is 4.39 Å². The van der Waals surface area contributed by atoms with Crippen molar-refractivity contribution >= 4 is 16.6 Å². The summed E-state index contributed by atoms with van der Waals surface area (Å²) < 4.78 is 14.8. The zero-order chi connectivity index (χ0) is 11.1. The zero-order valence-corrected chi connectivity index (χ0v) is 8.26. The molecule has 4 nitrogen and oxygen atoms in total. The molecule has 0 amide bonds. The van der Waals surface area contributed by atoms with Crippen molar-refractivity contribution in [1.82, 2.24) is 14.6 Å². The lowest BCUT2D eigenvalue weighted by Gasteiger charge is -2.03. The van der Waals surface area contributed by atoms with Crippen molar-refractivity contribution in [2.75, 3.05) is 0 Å². The van der Waals surface area contributed by atoms with E-state index in [-0.39, 0.29) is 12.4 Å². The number of pyridine rings is 1. The third-order valence-corrected chi connectivity index (χ3v) is 2.54. The van der Waals surface area contributed by atoms with Crippen molar-refractivity contribution < 1.29 is 9.50 Å². The molecule has 0 aliphatic rings. The molecule has 0 unspecified atom stereocenters. The Bertz CT molecular complexity index is 677. The summed E-state index contributed by atoms with van der Waals surface area (Å²) in [7, 11) is 0. The van der Waals surface area contributed by atoms with Gasteiger partial charge in [0, 0.05) is 0 Å². The molecule has 1 aromatic carbocycles. The van der Waals surface area contributed by atoms with E-state index in [1.165, 1.54) is 12.1 Å². The van der Waals surface area contributed by atoms with Crippen LogP contribution in [-0.4, -0.2) is 19.7 Å². The van der Waals surface area contributed by atoms with Gasteiger partial charge < -0.3 is 5.11 Å². The Morgan fingerprint density at radius 2 is 2.00 bits per heavy atom. The second kappa shape index (κ2) is 3.24. The molecule has 0 radical (unpaired) electrons. The van der Waals surface area contributed by atoms with E-state index < -0.39 is 0 Å². The van der Waals surface area contributed by atoms with Gasteiger partial charge in [-0.05, 0) is 35.7 Å². The maximum Gasteiger partial charge on any atom is 0.163 e. The van der Waals surface area contributed by atoms with Gasteiger partial charge in [0.25, 0.3) is 0 Å². The molecule has 3 rings (SSSR count). The van der Waals surface area contributed by atoms with Crippen LogP contribution >= 0.6 is 0 Å². The van der Waals surface area contributed by atoms with E-state index in [9.17, 15) is 4.39 Å². The number of rotatable bonds is 1. The summed E-state index contributed by atoms with van der Waals surface area (Å²) in [4.78, 5) is 0. The lowest BCUT2D eigenvalue weighted by molar-refractivity contribution is 0.270. The van der Waals surface area contributed by atoms with Crippen LogP contribution in [0.15, 0.2) is 30.3 Å². The van der Waals surface area contributed by atoms with Crippen LogP contribution < -0.4 is 0 Å². The highest BCUT2D eigenvalue weighted by molar-refractivity contribution is 5.82. The predicted octanol–water partition coefficient (Wildman–Crippen LogP) is 1.51. The lowest BCUT2D eigenvalue weighted by Crippen LogP contribution is -1.96. The molecule has 5 heteroatoms. The lowest BCUT2D eigenvalue weighted by atomic mass is 10.2. The first-order chi connectivity index (χ1) is 7.79. The maximum atomic E-state index is 13.2. The fourth-order valence-corrected chi connectivity index (χ4v) is 1.82. The van der Waals surface area contributed by atoms with Gasteiger partial charge in [0.05, 0.1) is 5.52 Å². The van der Waals surface area contributed by atoms with E-state index in [4.69, 9.17) is 5.11 Å². The van der Waals surface area contributed by atoms with E-state index in [1.54, 1.807) is 16.5 Å². The second-order valence-corrected chi connectivity index (χ2v) is 3.50. The minimum atomic E-state index is -0.322. The molecule has 16 heavy (non-hydrogen) atoms. The van der Waals surface area contributed by atoms with Gasteiger partial charge in [-0.15, -0.1) is 10.2 Å². The molecule has 1 N–H and O–H groups in total. The first-order valence-electron chi connectivity index (χ1n) is 4.83. The molecular weight excluding hydrogens is 209 g/mol. The van der Waals surface area contributed by atoms with E-state index in [2.05, 4.69) is 10.2 Å². The minimum absolute atomic E-state index is 0.225. The number of aliphatic hydroxyl groups excluding tert-OH is 1. The molecule has 2 aromatic heterocycles. The molecule has 80 valence electrons. The first kappa shape index (κ1) is 9.23. The minimum Gasteiger partial charge on any atom is -0.388 e. The van der Waals surface area contributed by atoms with Crippen molar-refractivity contribution in [3.05, 3.63) is 42.0 Å². The van der Waals surface area contributed by atoms with Crippen LogP contribution in [-0.2, 0) is 6.61 Å². The fourth-order valence-electron chi connectivity index (χ4n) is 1.82. The van der Waals surface area contributed by atoms with E-state index in [0.717, 1.165) is 5.39 Å². The van der Waals surface area contributed by atoms with Gasteiger partial charge in [-0.1, -0.05) is 0 Å². The molecule has 0 aliphatic heterocycles. The largest absolute Gasteiger partial charge is 0.388 e. The van der Waals surface area contributed by atoms with Gasteiger partial charge in [0.2, 0.25) is 0 Å². The number of halogens is 1. The average Bonchev–Trinajstić information content (AvgIpc) is 2.72. The van der Waals surface area contributed by atoms with Crippen LogP contribution in [0.2, 0.25) is 0 Å². The Hall–Kier alpha value is -2.01. The number of hydrogen-bond donors (Lipinski definition) is 1. The Morgan fingerprint density at radius 3 is 2.81 bits per heavy atom. The monoisotopic (exact) mass is 217 g/mol. The van der Waals surface area contributed by atoms with Crippen LogP contribution in [0, 0.1) is 5.82 Å². The molecule has 0 fully saturated rings.